The fourth-order valence-electron chi connectivity index (χ4n) is 7.53. The van der Waals surface area contributed by atoms with E-state index in [-0.39, 0.29) is 23.7 Å². The summed E-state index contributed by atoms with van der Waals surface area (Å²) >= 11 is 0. The first-order valence-electron chi connectivity index (χ1n) is 15.3. The first-order valence-corrected chi connectivity index (χ1v) is 15.3. The van der Waals surface area contributed by atoms with Crippen molar-refractivity contribution >= 4 is 17.8 Å². The number of fused-ring (bicyclic) bond motifs is 3. The summed E-state index contributed by atoms with van der Waals surface area (Å²) in [6, 6.07) is 11.3. The Balaban J connectivity index is 1.24. The maximum atomic E-state index is 13.5. The second kappa shape index (κ2) is 11.1. The van der Waals surface area contributed by atoms with E-state index in [1.807, 2.05) is 49.4 Å². The molecule has 43 heavy (non-hydrogen) atoms. The van der Waals surface area contributed by atoms with Crippen molar-refractivity contribution in [1.82, 2.24) is 16.0 Å². The lowest BCUT2D eigenvalue weighted by atomic mass is 9.65. The van der Waals surface area contributed by atoms with Gasteiger partial charge >= 0.3 is 6.03 Å². The van der Waals surface area contributed by atoms with Gasteiger partial charge in [0.15, 0.2) is 5.54 Å². The molecule has 224 valence electrons. The minimum absolute atomic E-state index is 0.0337. The van der Waals surface area contributed by atoms with E-state index >= 15 is 0 Å². The van der Waals surface area contributed by atoms with Crippen molar-refractivity contribution in [1.29, 1.82) is 0 Å². The maximum absolute atomic E-state index is 13.5. The number of urea groups is 1. The van der Waals surface area contributed by atoms with Crippen LogP contribution < -0.4 is 25.4 Å². The van der Waals surface area contributed by atoms with E-state index < -0.39 is 22.9 Å². The van der Waals surface area contributed by atoms with Gasteiger partial charge in [0.05, 0.1) is 19.1 Å². The van der Waals surface area contributed by atoms with E-state index in [2.05, 4.69) is 41.6 Å². The summed E-state index contributed by atoms with van der Waals surface area (Å²) < 4.78 is 11.4. The van der Waals surface area contributed by atoms with E-state index in [1.54, 1.807) is 7.11 Å². The minimum Gasteiger partial charge on any atom is -0.497 e. The summed E-state index contributed by atoms with van der Waals surface area (Å²) in [5, 5.41) is 8.38. The van der Waals surface area contributed by atoms with E-state index in [1.165, 1.54) is 0 Å². The van der Waals surface area contributed by atoms with Crippen LogP contribution in [0, 0.1) is 29.6 Å². The molecule has 0 radical (unpaired) electrons. The molecular formula is C35H39N3O5. The molecule has 4 aliphatic rings. The number of piperidine rings is 1. The number of rotatable bonds is 5. The van der Waals surface area contributed by atoms with Crippen LogP contribution in [-0.4, -0.2) is 37.1 Å². The van der Waals surface area contributed by atoms with Gasteiger partial charge in [0, 0.05) is 17.3 Å². The van der Waals surface area contributed by atoms with Gasteiger partial charge in [-0.2, -0.15) is 0 Å². The van der Waals surface area contributed by atoms with E-state index in [0.29, 0.717) is 13.0 Å². The quantitative estimate of drug-likeness (QED) is 0.355. The van der Waals surface area contributed by atoms with Crippen LogP contribution in [0.4, 0.5) is 4.79 Å². The third-order valence-corrected chi connectivity index (χ3v) is 10.1. The number of nitrogens with one attached hydrogen (secondary N) is 3. The predicted octanol–water partition coefficient (Wildman–Crippen LogP) is 4.54. The van der Waals surface area contributed by atoms with Crippen molar-refractivity contribution in [3.05, 3.63) is 70.4 Å². The fraction of sp³-hybridized carbons (Fsp3) is 0.457. The highest BCUT2D eigenvalue weighted by Crippen LogP contribution is 2.50. The van der Waals surface area contributed by atoms with E-state index in [0.717, 1.165) is 71.6 Å². The van der Waals surface area contributed by atoms with Crippen molar-refractivity contribution in [2.24, 2.45) is 17.8 Å². The molecular weight excluding hydrogens is 542 g/mol. The second-order valence-corrected chi connectivity index (χ2v) is 12.4. The Morgan fingerprint density at radius 1 is 1.09 bits per heavy atom. The van der Waals surface area contributed by atoms with E-state index in [9.17, 15) is 14.4 Å². The first-order chi connectivity index (χ1) is 20.7. The number of carbonyl (C=O) groups is 3. The number of ether oxygens (including phenoxy) is 2. The summed E-state index contributed by atoms with van der Waals surface area (Å²) in [6.07, 6.45) is 6.52. The van der Waals surface area contributed by atoms with Crippen molar-refractivity contribution in [2.75, 3.05) is 13.7 Å². The van der Waals surface area contributed by atoms with Gasteiger partial charge in [-0.25, -0.2) is 4.79 Å². The normalized spacial score (nSPS) is 29.0. The zero-order valence-corrected chi connectivity index (χ0v) is 25.3. The van der Waals surface area contributed by atoms with Crippen molar-refractivity contribution in [3.8, 4) is 23.3 Å². The van der Waals surface area contributed by atoms with Crippen molar-refractivity contribution in [2.45, 2.75) is 70.3 Å². The van der Waals surface area contributed by atoms with Gasteiger partial charge in [0.1, 0.15) is 11.5 Å². The number of benzene rings is 2. The summed E-state index contributed by atoms with van der Waals surface area (Å²) in [5.41, 5.74) is 3.21. The molecule has 2 saturated heterocycles. The molecule has 0 aromatic heterocycles. The lowest BCUT2D eigenvalue weighted by Crippen LogP contribution is -2.52. The third-order valence-electron chi connectivity index (χ3n) is 10.1. The summed E-state index contributed by atoms with van der Waals surface area (Å²) in [6.45, 7) is 6.72. The molecule has 0 bridgehead atoms. The average molecular weight is 582 g/mol. The zero-order chi connectivity index (χ0) is 30.4. The molecule has 3 heterocycles. The van der Waals surface area contributed by atoms with Gasteiger partial charge in [0.25, 0.3) is 5.91 Å². The molecule has 4 amide bonds. The number of aryl methyl sites for hydroxylation is 1. The Morgan fingerprint density at radius 3 is 2.65 bits per heavy atom. The van der Waals surface area contributed by atoms with Crippen LogP contribution in [0.25, 0.3) is 0 Å². The molecule has 1 aliphatic carbocycles. The van der Waals surface area contributed by atoms with Crippen molar-refractivity contribution in [3.63, 3.8) is 0 Å². The van der Waals surface area contributed by atoms with Gasteiger partial charge < -0.3 is 20.1 Å². The molecule has 3 N–H and O–H groups in total. The maximum Gasteiger partial charge on any atom is 0.323 e. The molecule has 1 spiro atoms. The largest absolute Gasteiger partial charge is 0.497 e. The molecule has 2 fully saturated rings. The van der Waals surface area contributed by atoms with Crippen molar-refractivity contribution < 1.29 is 23.9 Å². The molecule has 8 nitrogen and oxygen atoms in total. The summed E-state index contributed by atoms with van der Waals surface area (Å²) in [7, 11) is 1.63. The Morgan fingerprint density at radius 2 is 1.93 bits per heavy atom. The number of hydrogen-bond acceptors (Lipinski definition) is 5. The number of imide groups is 1. The van der Waals surface area contributed by atoms with Gasteiger partial charge in [-0.3, -0.25) is 14.9 Å². The average Bonchev–Trinajstić information content (AvgIpc) is 3.53. The highest BCUT2D eigenvalue weighted by molar-refractivity contribution is 6.09. The number of methoxy groups -OCH3 is 1. The van der Waals surface area contributed by atoms with Gasteiger partial charge in [-0.15, -0.1) is 0 Å². The molecule has 2 aromatic rings. The topological polar surface area (TPSA) is 106 Å². The van der Waals surface area contributed by atoms with Crippen LogP contribution in [-0.2, 0) is 27.8 Å². The first kappa shape index (κ1) is 28.9. The molecule has 8 heteroatoms. The Labute approximate surface area is 253 Å². The molecule has 5 unspecified atom stereocenters. The lowest BCUT2D eigenvalue weighted by Gasteiger charge is -2.41. The van der Waals surface area contributed by atoms with Crippen LogP contribution >= 0.6 is 0 Å². The Hall–Kier alpha value is -4.25. The Bertz CT molecular complexity index is 1590. The second-order valence-electron chi connectivity index (χ2n) is 12.4. The van der Waals surface area contributed by atoms with Gasteiger partial charge in [0.2, 0.25) is 5.91 Å². The number of amides is 4. The predicted molar refractivity (Wildman–Crippen MR) is 162 cm³/mol. The number of carbonyl (C=O) groups excluding carboxylic acids is 3. The van der Waals surface area contributed by atoms with Crippen LogP contribution in [0.3, 0.4) is 0 Å². The highest BCUT2D eigenvalue weighted by atomic mass is 16.5. The van der Waals surface area contributed by atoms with Crippen LogP contribution in [0.5, 0.6) is 11.5 Å². The highest BCUT2D eigenvalue weighted by Gasteiger charge is 2.53. The minimum atomic E-state index is -1.34. The lowest BCUT2D eigenvalue weighted by molar-refractivity contribution is -0.130. The Kier molecular flexibility index (Phi) is 7.45. The summed E-state index contributed by atoms with van der Waals surface area (Å²) in [5.74, 6) is 8.03. The van der Waals surface area contributed by atoms with Crippen LogP contribution in [0.15, 0.2) is 48.2 Å². The van der Waals surface area contributed by atoms with Gasteiger partial charge in [-0.05, 0) is 91.7 Å². The molecule has 2 aromatic carbocycles. The molecule has 5 atom stereocenters. The monoisotopic (exact) mass is 581 g/mol. The van der Waals surface area contributed by atoms with Crippen LogP contribution in [0.2, 0.25) is 0 Å². The van der Waals surface area contributed by atoms with E-state index in [4.69, 9.17) is 9.47 Å². The SMILES string of the molecule is CC=C1CC(CC)C2(CCc3cc(C#CC4(CC(C)C5COc6cc(OC)ccc6C5)NC(=O)NC4=O)ccc32)C(=O)N1. The molecule has 0 saturated carbocycles. The standard InChI is InChI=1S/C35H39N3O5/c1-5-26-17-27(6-2)36-32(40)35(26)14-12-23-15-22(7-10-29(23)35)11-13-34(31(39)37-33(41)38-34)19-21(3)25-16-24-8-9-28(42-4)18-30(24)43-20-25/h6-10,15,18,21,25-26H,5,12,14,16-17,19-20H2,1-4H3,(H,36,40)(H2,37,38,39,41). The van der Waals surface area contributed by atoms with Crippen LogP contribution in [0.1, 0.15) is 68.7 Å². The fourth-order valence-corrected chi connectivity index (χ4v) is 7.53. The number of hydrogen-bond donors (Lipinski definition) is 3. The summed E-state index contributed by atoms with van der Waals surface area (Å²) in [4.78, 5) is 39.0. The smallest absolute Gasteiger partial charge is 0.323 e. The zero-order valence-electron chi connectivity index (χ0n) is 25.3. The molecule has 6 rings (SSSR count). The molecule has 3 aliphatic heterocycles. The van der Waals surface area contributed by atoms with Gasteiger partial charge in [-0.1, -0.05) is 50.3 Å². The third kappa shape index (κ3) is 4.95. The number of allylic oxidation sites excluding steroid dienone is 2.